The van der Waals surface area contributed by atoms with E-state index in [1.807, 2.05) is 76.2 Å². The normalized spacial score (nSPS) is 14.5. The summed E-state index contributed by atoms with van der Waals surface area (Å²) in [6.45, 7) is 11.7. The van der Waals surface area contributed by atoms with Gasteiger partial charge >= 0.3 is 0 Å². The van der Waals surface area contributed by atoms with Crippen molar-refractivity contribution in [2.24, 2.45) is 0 Å². The molecule has 1 saturated heterocycles. The number of aromatic nitrogens is 4. The zero-order valence-electron chi connectivity index (χ0n) is 25.1. The number of hydrazine groups is 1. The number of carbonyl (C=O) groups excluding carboxylic acids is 1. The predicted octanol–water partition coefficient (Wildman–Crippen LogP) is 4.73. The molecule has 4 aromatic rings. The summed E-state index contributed by atoms with van der Waals surface area (Å²) in [5.41, 5.74) is 7.76. The Balaban J connectivity index is 1.34. The number of piperazine rings is 1. The summed E-state index contributed by atoms with van der Waals surface area (Å²) in [4.78, 5) is 24.4. The van der Waals surface area contributed by atoms with E-state index >= 15 is 0 Å². The molecule has 1 fully saturated rings. The minimum atomic E-state index is -0.497. The van der Waals surface area contributed by atoms with E-state index in [4.69, 9.17) is 4.74 Å². The molecule has 1 amide bonds. The molecule has 2 aromatic carbocycles. The lowest BCUT2D eigenvalue weighted by molar-refractivity contribution is 0.0192. The van der Waals surface area contributed by atoms with Gasteiger partial charge in [-0.3, -0.25) is 4.79 Å². The van der Waals surface area contributed by atoms with E-state index in [-0.39, 0.29) is 5.91 Å². The molecule has 0 bridgehead atoms. The van der Waals surface area contributed by atoms with Gasteiger partial charge < -0.3 is 25.7 Å². The maximum Gasteiger partial charge on any atom is 0.255 e. The highest BCUT2D eigenvalue weighted by molar-refractivity contribution is 6.04. The largest absolute Gasteiger partial charge is 0.374 e. The molecular formula is C31H39N9O2. The van der Waals surface area contributed by atoms with Crippen LogP contribution in [-0.4, -0.2) is 75.9 Å². The quantitative estimate of drug-likeness (QED) is 0.263. The molecule has 1 aliphatic heterocycles. The van der Waals surface area contributed by atoms with Crippen molar-refractivity contribution in [3.63, 3.8) is 0 Å². The maximum atomic E-state index is 13.2. The summed E-state index contributed by atoms with van der Waals surface area (Å²) in [5, 5.41) is 13.4. The van der Waals surface area contributed by atoms with E-state index < -0.39 is 5.60 Å². The molecule has 5 rings (SSSR count). The molecule has 11 nitrogen and oxygen atoms in total. The average molecular weight is 570 g/mol. The lowest BCUT2D eigenvalue weighted by atomic mass is 9.96. The second-order valence-electron chi connectivity index (χ2n) is 11.2. The highest BCUT2D eigenvalue weighted by Crippen LogP contribution is 2.28. The van der Waals surface area contributed by atoms with Crippen LogP contribution in [0.1, 0.15) is 41.0 Å². The number of aryl methyl sites for hydroxylation is 2. The van der Waals surface area contributed by atoms with Gasteiger partial charge in [0, 0.05) is 62.4 Å². The number of rotatable bonds is 9. The molecule has 11 heteroatoms. The van der Waals surface area contributed by atoms with E-state index in [2.05, 4.69) is 48.1 Å². The van der Waals surface area contributed by atoms with Gasteiger partial charge in [-0.1, -0.05) is 18.2 Å². The second kappa shape index (κ2) is 12.3. The predicted molar refractivity (Wildman–Crippen MR) is 165 cm³/mol. The highest BCUT2D eigenvalue weighted by Gasteiger charge is 2.21. The minimum absolute atomic E-state index is 0.194. The third-order valence-corrected chi connectivity index (χ3v) is 7.57. The molecule has 0 saturated carbocycles. The number of benzene rings is 2. The van der Waals surface area contributed by atoms with Crippen molar-refractivity contribution in [1.82, 2.24) is 29.7 Å². The molecule has 220 valence electrons. The second-order valence-corrected chi connectivity index (χ2v) is 11.2. The van der Waals surface area contributed by atoms with Crippen molar-refractivity contribution >= 4 is 28.9 Å². The van der Waals surface area contributed by atoms with Gasteiger partial charge in [0.05, 0.1) is 11.3 Å². The summed E-state index contributed by atoms with van der Waals surface area (Å²) < 4.78 is 7.35. The van der Waals surface area contributed by atoms with Crippen molar-refractivity contribution in [3.05, 3.63) is 83.3 Å². The van der Waals surface area contributed by atoms with Crippen molar-refractivity contribution < 1.29 is 9.53 Å². The molecule has 0 unspecified atom stereocenters. The van der Waals surface area contributed by atoms with Gasteiger partial charge in [-0.25, -0.2) is 15.0 Å². The molecule has 0 radical (unpaired) electrons. The monoisotopic (exact) mass is 569 g/mol. The van der Waals surface area contributed by atoms with Gasteiger partial charge in [-0.05, 0) is 70.1 Å². The summed E-state index contributed by atoms with van der Waals surface area (Å²) >= 11 is 0. The van der Waals surface area contributed by atoms with Crippen LogP contribution >= 0.6 is 0 Å². The van der Waals surface area contributed by atoms with Crippen LogP contribution in [0.4, 0.5) is 23.0 Å². The third-order valence-electron chi connectivity index (χ3n) is 7.57. The Kier molecular flexibility index (Phi) is 8.53. The molecule has 0 spiro atoms. The fourth-order valence-electron chi connectivity index (χ4n) is 4.70. The van der Waals surface area contributed by atoms with Crippen LogP contribution in [0.3, 0.4) is 0 Å². The molecule has 0 aliphatic carbocycles. The van der Waals surface area contributed by atoms with Crippen LogP contribution in [0.25, 0.3) is 5.82 Å². The van der Waals surface area contributed by atoms with Crippen LogP contribution in [0.5, 0.6) is 0 Å². The van der Waals surface area contributed by atoms with E-state index in [0.29, 0.717) is 22.9 Å². The first-order valence-electron chi connectivity index (χ1n) is 14.1. The van der Waals surface area contributed by atoms with E-state index in [0.717, 1.165) is 54.5 Å². The van der Waals surface area contributed by atoms with Crippen molar-refractivity contribution in [2.45, 2.75) is 33.3 Å². The number of nitrogens with zero attached hydrogens (tertiary/aromatic N) is 6. The number of ether oxygens (including phenoxy) is 1. The number of amides is 1. The number of likely N-dealkylation sites (N-methyl/N-ethyl adjacent to an activating group) is 1. The van der Waals surface area contributed by atoms with Crippen LogP contribution in [0, 0.1) is 13.8 Å². The fourth-order valence-corrected chi connectivity index (χ4v) is 4.70. The van der Waals surface area contributed by atoms with Gasteiger partial charge in [-0.2, -0.15) is 9.78 Å². The smallest absolute Gasteiger partial charge is 0.255 e. The Bertz CT molecular complexity index is 1560. The number of hydrogen-bond donors (Lipinski definition) is 3. The van der Waals surface area contributed by atoms with Crippen molar-refractivity contribution in [2.75, 3.05) is 56.4 Å². The maximum absolute atomic E-state index is 13.2. The number of anilines is 4. The number of methoxy groups -OCH3 is 1. The third kappa shape index (κ3) is 6.76. The lowest BCUT2D eigenvalue weighted by Gasteiger charge is -2.32. The summed E-state index contributed by atoms with van der Waals surface area (Å²) in [7, 11) is 3.79. The van der Waals surface area contributed by atoms with Gasteiger partial charge in [0.2, 0.25) is 0 Å². The van der Waals surface area contributed by atoms with Gasteiger partial charge in [-0.15, -0.1) is 0 Å². The first kappa shape index (κ1) is 29.2. The molecule has 42 heavy (non-hydrogen) atoms. The number of nitrogens with one attached hydrogen (secondary N) is 3. The van der Waals surface area contributed by atoms with Gasteiger partial charge in [0.1, 0.15) is 18.0 Å². The zero-order valence-corrected chi connectivity index (χ0v) is 25.1. The van der Waals surface area contributed by atoms with E-state index in [1.165, 1.54) is 0 Å². The lowest BCUT2D eigenvalue weighted by Crippen LogP contribution is -2.47. The number of hydrogen-bond acceptors (Lipinski definition) is 9. The fraction of sp³-hybridized carbons (Fsp3) is 0.355. The van der Waals surface area contributed by atoms with Crippen molar-refractivity contribution in [3.8, 4) is 5.82 Å². The molecule has 0 atom stereocenters. The molecule has 3 heterocycles. The standard InChI is InChI=1S/C31H39N9O2/c1-21-10-11-25(34-30(41)23-8-7-9-24(17-23)31(3,4)42-6)18-26(21)35-29-16-22(2)36-40(29)28-19-27(32-20-33-28)37-39-14-12-38(5)13-15-39/h7-11,16-20,35H,12-15H2,1-6H3,(H,34,41)(H,32,33,37). The molecular weight excluding hydrogens is 530 g/mol. The Morgan fingerprint density at radius 3 is 2.52 bits per heavy atom. The SMILES string of the molecule is COC(C)(C)c1cccc(C(=O)Nc2ccc(C)c(Nc3cc(C)nn3-c3cc(NN4CCN(C)CC4)ncn3)c2)c1. The Hall–Kier alpha value is -4.32. The Morgan fingerprint density at radius 1 is 0.976 bits per heavy atom. The summed E-state index contributed by atoms with van der Waals surface area (Å²) in [6.07, 6.45) is 1.54. The molecule has 3 N–H and O–H groups in total. The Morgan fingerprint density at radius 2 is 1.76 bits per heavy atom. The Labute approximate surface area is 246 Å². The summed E-state index contributed by atoms with van der Waals surface area (Å²) in [6, 6.07) is 17.1. The first-order chi connectivity index (χ1) is 20.1. The van der Waals surface area contributed by atoms with Crippen LogP contribution in [0.2, 0.25) is 0 Å². The van der Waals surface area contributed by atoms with Gasteiger partial charge in [0.15, 0.2) is 5.82 Å². The zero-order chi connectivity index (χ0) is 29.9. The van der Waals surface area contributed by atoms with Crippen molar-refractivity contribution in [1.29, 1.82) is 0 Å². The molecule has 2 aromatic heterocycles. The van der Waals surface area contributed by atoms with E-state index in [9.17, 15) is 4.79 Å². The number of carbonyl (C=O) groups is 1. The first-order valence-corrected chi connectivity index (χ1v) is 14.1. The van der Waals surface area contributed by atoms with E-state index in [1.54, 1.807) is 24.2 Å². The molecule has 1 aliphatic rings. The minimum Gasteiger partial charge on any atom is -0.374 e. The topological polar surface area (TPSA) is 112 Å². The van der Waals surface area contributed by atoms with Crippen LogP contribution in [-0.2, 0) is 10.3 Å². The van der Waals surface area contributed by atoms with Crippen LogP contribution in [0.15, 0.2) is 60.9 Å². The van der Waals surface area contributed by atoms with Crippen LogP contribution < -0.4 is 16.1 Å². The van der Waals surface area contributed by atoms with Gasteiger partial charge in [0.25, 0.3) is 5.91 Å². The summed E-state index contributed by atoms with van der Waals surface area (Å²) in [5.74, 6) is 1.90. The average Bonchev–Trinajstić information content (AvgIpc) is 3.36. The highest BCUT2D eigenvalue weighted by atomic mass is 16.5.